The van der Waals surface area contributed by atoms with Crippen LogP contribution in [0.15, 0.2) is 71.6 Å². The van der Waals surface area contributed by atoms with E-state index < -0.39 is 28.5 Å². The number of anilines is 1. The Morgan fingerprint density at radius 2 is 1.54 bits per heavy atom. The van der Waals surface area contributed by atoms with Crippen molar-refractivity contribution in [2.75, 3.05) is 18.0 Å². The highest BCUT2D eigenvalue weighted by molar-refractivity contribution is 7.92. The van der Waals surface area contributed by atoms with Crippen molar-refractivity contribution in [1.82, 2.24) is 10.2 Å². The summed E-state index contributed by atoms with van der Waals surface area (Å²) in [4.78, 5) is 28.7. The van der Waals surface area contributed by atoms with E-state index in [1.54, 1.807) is 61.5 Å². The summed E-state index contributed by atoms with van der Waals surface area (Å²) in [5.74, 6) is -0.436. The van der Waals surface area contributed by atoms with Crippen LogP contribution in [0.1, 0.15) is 38.3 Å². The molecular weight excluding hydrogens is 585 g/mol. The molecule has 8 nitrogen and oxygen atoms in total. The third kappa shape index (κ3) is 7.93. The van der Waals surface area contributed by atoms with Gasteiger partial charge in [-0.05, 0) is 75.7 Å². The van der Waals surface area contributed by atoms with E-state index in [1.165, 1.54) is 24.1 Å². The lowest BCUT2D eigenvalue weighted by molar-refractivity contribution is -0.140. The van der Waals surface area contributed by atoms with E-state index in [9.17, 15) is 18.0 Å². The van der Waals surface area contributed by atoms with E-state index in [0.717, 1.165) is 9.87 Å². The lowest BCUT2D eigenvalue weighted by Crippen LogP contribution is -2.53. The van der Waals surface area contributed by atoms with Crippen LogP contribution in [-0.4, -0.2) is 50.9 Å². The lowest BCUT2D eigenvalue weighted by atomic mass is 10.1. The summed E-state index contributed by atoms with van der Waals surface area (Å²) in [6.45, 7) is 6.61. The normalized spacial score (nSPS) is 12.1. The summed E-state index contributed by atoms with van der Waals surface area (Å²) in [5.41, 5.74) is 1.60. The molecule has 0 bridgehead atoms. The number of hydrogen-bond acceptors (Lipinski definition) is 5. The van der Waals surface area contributed by atoms with Gasteiger partial charge in [-0.15, -0.1) is 0 Å². The molecule has 0 spiro atoms. The molecule has 3 rings (SSSR count). The Morgan fingerprint density at radius 1 is 0.951 bits per heavy atom. The van der Waals surface area contributed by atoms with E-state index >= 15 is 0 Å². The number of sulfonamides is 1. The van der Waals surface area contributed by atoms with E-state index in [2.05, 4.69) is 5.32 Å². The molecule has 0 fully saturated rings. The Kier molecular flexibility index (Phi) is 11.1. The quantitative estimate of drug-likeness (QED) is 0.275. The number of benzene rings is 3. The van der Waals surface area contributed by atoms with Gasteiger partial charge < -0.3 is 15.0 Å². The number of aryl methyl sites for hydroxylation is 1. The van der Waals surface area contributed by atoms with Crippen molar-refractivity contribution in [2.45, 2.75) is 57.6 Å². The highest BCUT2D eigenvalue weighted by Gasteiger charge is 2.34. The molecule has 0 unspecified atom stereocenters. The van der Waals surface area contributed by atoms with Crippen LogP contribution in [0.25, 0.3) is 0 Å². The summed E-state index contributed by atoms with van der Waals surface area (Å²) in [6, 6.07) is 16.6. The minimum absolute atomic E-state index is 0.0250. The molecule has 0 aliphatic carbocycles. The maximum absolute atomic E-state index is 14.1. The molecule has 2 amide bonds. The Bertz CT molecular complexity index is 1440. The van der Waals surface area contributed by atoms with Crippen LogP contribution < -0.4 is 14.4 Å². The number of nitrogens with zero attached hydrogens (tertiary/aromatic N) is 2. The van der Waals surface area contributed by atoms with Crippen LogP contribution >= 0.6 is 23.2 Å². The average Bonchev–Trinajstić information content (AvgIpc) is 2.93. The average molecular weight is 621 g/mol. The summed E-state index contributed by atoms with van der Waals surface area (Å²) in [5, 5.41) is 3.51. The maximum Gasteiger partial charge on any atom is 0.264 e. The smallest absolute Gasteiger partial charge is 0.264 e. The Hall–Kier alpha value is -3.27. The van der Waals surface area contributed by atoms with E-state index in [4.69, 9.17) is 27.9 Å². The monoisotopic (exact) mass is 619 g/mol. The second kappa shape index (κ2) is 14.1. The molecule has 41 heavy (non-hydrogen) atoms. The fraction of sp³-hybridized carbons (Fsp3) is 0.333. The standard InChI is InChI=1S/C30H35Cl2N3O5S/c1-6-28(30(37)33-20(2)3)34(18-25-26(31)8-7-9-27(25)32)29(36)19-35(22-12-14-23(40-5)15-13-22)41(38,39)24-16-10-21(4)11-17-24/h7-17,20,28H,6,18-19H2,1-5H3,(H,33,37)/t28-/m1/s1. The van der Waals surface area contributed by atoms with Gasteiger partial charge in [-0.1, -0.05) is 53.9 Å². The van der Waals surface area contributed by atoms with Crippen molar-refractivity contribution >= 4 is 50.7 Å². The van der Waals surface area contributed by atoms with Gasteiger partial charge in [0.05, 0.1) is 17.7 Å². The zero-order valence-electron chi connectivity index (χ0n) is 23.7. The first-order valence-electron chi connectivity index (χ1n) is 13.1. The minimum Gasteiger partial charge on any atom is -0.497 e. The number of rotatable bonds is 12. The van der Waals surface area contributed by atoms with Gasteiger partial charge in [0.15, 0.2) is 0 Å². The third-order valence-corrected chi connectivity index (χ3v) is 8.95. The van der Waals surface area contributed by atoms with Gasteiger partial charge in [-0.3, -0.25) is 13.9 Å². The van der Waals surface area contributed by atoms with Crippen LogP contribution in [0.3, 0.4) is 0 Å². The number of methoxy groups -OCH3 is 1. The van der Waals surface area contributed by atoms with Gasteiger partial charge in [0.2, 0.25) is 11.8 Å². The topological polar surface area (TPSA) is 96.0 Å². The van der Waals surface area contributed by atoms with Gasteiger partial charge in [0.25, 0.3) is 10.0 Å². The zero-order chi connectivity index (χ0) is 30.3. The van der Waals surface area contributed by atoms with Crippen molar-refractivity contribution in [3.63, 3.8) is 0 Å². The molecule has 0 radical (unpaired) electrons. The lowest BCUT2D eigenvalue weighted by Gasteiger charge is -2.34. The first-order chi connectivity index (χ1) is 19.4. The van der Waals surface area contributed by atoms with Crippen molar-refractivity contribution in [2.24, 2.45) is 0 Å². The highest BCUT2D eigenvalue weighted by Crippen LogP contribution is 2.29. The van der Waals surface area contributed by atoms with E-state index in [0.29, 0.717) is 21.4 Å². The highest BCUT2D eigenvalue weighted by atomic mass is 35.5. The van der Waals surface area contributed by atoms with Crippen LogP contribution in [0.4, 0.5) is 5.69 Å². The SMILES string of the molecule is CC[C@H](C(=O)NC(C)C)N(Cc1c(Cl)cccc1Cl)C(=O)CN(c1ccc(OC)cc1)S(=O)(=O)c1ccc(C)cc1. The van der Waals surface area contributed by atoms with Crippen LogP contribution in [0.2, 0.25) is 10.0 Å². The van der Waals surface area contributed by atoms with Gasteiger partial charge in [-0.25, -0.2) is 8.42 Å². The molecule has 0 aromatic heterocycles. The molecule has 0 aliphatic heterocycles. The Balaban J connectivity index is 2.10. The molecular formula is C30H35Cl2N3O5S. The number of amides is 2. The Morgan fingerprint density at radius 3 is 2.05 bits per heavy atom. The van der Waals surface area contributed by atoms with Crippen LogP contribution in [-0.2, 0) is 26.2 Å². The predicted octanol–water partition coefficient (Wildman–Crippen LogP) is 5.84. The molecule has 3 aromatic carbocycles. The number of carbonyl (C=O) groups excluding carboxylic acids is 2. The second-order valence-corrected chi connectivity index (χ2v) is 12.5. The number of halogens is 2. The molecule has 0 saturated carbocycles. The molecule has 0 saturated heterocycles. The molecule has 0 heterocycles. The number of ether oxygens (including phenoxy) is 1. The maximum atomic E-state index is 14.1. The van der Waals surface area contributed by atoms with Crippen molar-refractivity contribution in [3.8, 4) is 5.75 Å². The van der Waals surface area contributed by atoms with Gasteiger partial charge in [-0.2, -0.15) is 0 Å². The number of carbonyl (C=O) groups is 2. The van der Waals surface area contributed by atoms with Crippen molar-refractivity contribution < 1.29 is 22.7 Å². The first-order valence-corrected chi connectivity index (χ1v) is 15.3. The molecule has 0 aliphatic rings. The predicted molar refractivity (Wildman–Crippen MR) is 163 cm³/mol. The van der Waals surface area contributed by atoms with Crippen molar-refractivity contribution in [1.29, 1.82) is 0 Å². The first kappa shape index (κ1) is 32.2. The summed E-state index contributed by atoms with van der Waals surface area (Å²) in [6.07, 6.45) is 0.277. The molecule has 220 valence electrons. The largest absolute Gasteiger partial charge is 0.497 e. The van der Waals surface area contributed by atoms with Gasteiger partial charge >= 0.3 is 0 Å². The van der Waals surface area contributed by atoms with Crippen LogP contribution in [0, 0.1) is 6.92 Å². The number of nitrogens with one attached hydrogen (secondary N) is 1. The van der Waals surface area contributed by atoms with Crippen molar-refractivity contribution in [3.05, 3.63) is 87.9 Å². The van der Waals surface area contributed by atoms with Gasteiger partial charge in [0.1, 0.15) is 18.3 Å². The third-order valence-electron chi connectivity index (χ3n) is 6.46. The fourth-order valence-corrected chi connectivity index (χ4v) is 6.20. The van der Waals surface area contributed by atoms with E-state index in [-0.39, 0.29) is 35.5 Å². The second-order valence-electron chi connectivity index (χ2n) is 9.83. The Labute approximate surface area is 252 Å². The summed E-state index contributed by atoms with van der Waals surface area (Å²) < 4.78 is 34.2. The molecule has 11 heteroatoms. The fourth-order valence-electron chi connectivity index (χ4n) is 4.27. The molecule has 1 atom stereocenters. The van der Waals surface area contributed by atoms with Gasteiger partial charge in [0, 0.05) is 28.2 Å². The molecule has 3 aromatic rings. The van der Waals surface area contributed by atoms with Crippen LogP contribution in [0.5, 0.6) is 5.75 Å². The minimum atomic E-state index is -4.19. The molecule has 1 N–H and O–H groups in total. The number of hydrogen-bond donors (Lipinski definition) is 1. The van der Waals surface area contributed by atoms with E-state index in [1.807, 2.05) is 20.8 Å². The zero-order valence-corrected chi connectivity index (χ0v) is 26.1. The summed E-state index contributed by atoms with van der Waals surface area (Å²) in [7, 11) is -2.68. The summed E-state index contributed by atoms with van der Waals surface area (Å²) >= 11 is 12.9.